The first kappa shape index (κ1) is 21.3. The number of aryl methyl sites for hydroxylation is 2. The number of nitrogens with one attached hydrogen (secondary N) is 1. The molecule has 160 valence electrons. The minimum Gasteiger partial charge on any atom is -0.318 e. The zero-order chi connectivity index (χ0) is 22.3. The van der Waals surface area contributed by atoms with E-state index in [0.717, 1.165) is 40.5 Å². The molecule has 0 aliphatic carbocycles. The van der Waals surface area contributed by atoms with Crippen molar-refractivity contribution >= 4 is 39.8 Å². The maximum absolute atomic E-state index is 12.8. The number of hydrogen-bond donors (Lipinski definition) is 1. The molecule has 0 radical (unpaired) electrons. The largest absolute Gasteiger partial charge is 0.318 e. The molecule has 0 saturated heterocycles. The summed E-state index contributed by atoms with van der Waals surface area (Å²) in [5.74, 6) is 0.0239. The van der Waals surface area contributed by atoms with E-state index in [1.165, 1.54) is 22.3 Å². The van der Waals surface area contributed by atoms with Crippen molar-refractivity contribution in [3.63, 3.8) is 0 Å². The van der Waals surface area contributed by atoms with Crippen LogP contribution in [-0.2, 0) is 4.79 Å². The van der Waals surface area contributed by atoms with E-state index in [2.05, 4.69) is 53.6 Å². The van der Waals surface area contributed by atoms with Crippen molar-refractivity contribution in [3.8, 4) is 5.69 Å². The van der Waals surface area contributed by atoms with E-state index in [1.807, 2.05) is 26.0 Å². The van der Waals surface area contributed by atoms with Crippen LogP contribution in [0.4, 0.5) is 0 Å². The molecule has 0 atom stereocenters. The molecule has 1 amide bonds. The highest BCUT2D eigenvalue weighted by Gasteiger charge is 2.37. The summed E-state index contributed by atoms with van der Waals surface area (Å²) in [6.07, 6.45) is 3.71. The molecule has 2 aliphatic rings. The Morgan fingerprint density at radius 1 is 1.16 bits per heavy atom. The molecule has 1 N–H and O–H groups in total. The maximum Gasteiger partial charge on any atom is 0.283 e. The number of amides is 1. The summed E-state index contributed by atoms with van der Waals surface area (Å²) in [5.41, 5.74) is 5.53. The van der Waals surface area contributed by atoms with Gasteiger partial charge in [-0.15, -0.1) is 0 Å². The molecular formula is C24H27N5OS. The number of amidine groups is 2. The van der Waals surface area contributed by atoms with Gasteiger partial charge in [0.05, 0.1) is 5.57 Å². The van der Waals surface area contributed by atoms with Crippen molar-refractivity contribution < 1.29 is 4.79 Å². The summed E-state index contributed by atoms with van der Waals surface area (Å²) in [6, 6.07) is 10.4. The van der Waals surface area contributed by atoms with Crippen LogP contribution in [0.1, 0.15) is 49.2 Å². The average molecular weight is 434 g/mol. The molecule has 1 aromatic carbocycles. The number of aliphatic imine (C=N–C) groups is 1. The van der Waals surface area contributed by atoms with Gasteiger partial charge in [-0.25, -0.2) is 0 Å². The van der Waals surface area contributed by atoms with Gasteiger partial charge < -0.3 is 4.57 Å². The van der Waals surface area contributed by atoms with Gasteiger partial charge in [-0.05, 0) is 80.8 Å². The molecule has 31 heavy (non-hydrogen) atoms. The zero-order valence-corrected chi connectivity index (χ0v) is 19.4. The second kappa shape index (κ2) is 8.30. The Kier molecular flexibility index (Phi) is 5.71. The molecular weight excluding hydrogens is 406 g/mol. The van der Waals surface area contributed by atoms with Crippen molar-refractivity contribution in [1.82, 2.24) is 9.58 Å². The van der Waals surface area contributed by atoms with E-state index in [1.54, 1.807) is 6.08 Å². The Morgan fingerprint density at radius 3 is 2.58 bits per heavy atom. The lowest BCUT2D eigenvalue weighted by atomic mass is 10.1. The number of rotatable bonds is 5. The molecule has 0 fully saturated rings. The molecule has 7 heteroatoms. The number of benzene rings is 1. The molecule has 4 rings (SSSR count). The summed E-state index contributed by atoms with van der Waals surface area (Å²) in [6.45, 7) is 10.4. The molecule has 3 heterocycles. The molecule has 2 aliphatic heterocycles. The summed E-state index contributed by atoms with van der Waals surface area (Å²) < 4.78 is 2.17. The Labute approximate surface area is 187 Å². The minimum absolute atomic E-state index is 0.0869. The van der Waals surface area contributed by atoms with Crippen molar-refractivity contribution in [2.24, 2.45) is 16.0 Å². The van der Waals surface area contributed by atoms with Gasteiger partial charge in [-0.2, -0.15) is 15.1 Å². The van der Waals surface area contributed by atoms with Crippen LogP contribution in [0.5, 0.6) is 0 Å². The van der Waals surface area contributed by atoms with Gasteiger partial charge in [0.1, 0.15) is 5.04 Å². The number of carbonyl (C=O) groups excluding carboxylic acids is 1. The average Bonchev–Trinajstić information content (AvgIpc) is 3.26. The molecule has 0 bridgehead atoms. The van der Waals surface area contributed by atoms with Crippen LogP contribution in [0.2, 0.25) is 0 Å². The highest BCUT2D eigenvalue weighted by atomic mass is 32.2. The highest BCUT2D eigenvalue weighted by molar-refractivity contribution is 8.27. The number of carbonyl (C=O) groups is 1. The van der Waals surface area contributed by atoms with Gasteiger partial charge in [0.25, 0.3) is 5.91 Å². The Hall–Kier alpha value is -2.93. The first-order valence-electron chi connectivity index (χ1n) is 10.6. The second-order valence-corrected chi connectivity index (χ2v) is 8.96. The number of aromatic nitrogens is 1. The molecule has 2 aromatic rings. The molecule has 1 aromatic heterocycles. The third kappa shape index (κ3) is 3.78. The van der Waals surface area contributed by atoms with E-state index < -0.39 is 0 Å². The number of hydrazone groups is 1. The summed E-state index contributed by atoms with van der Waals surface area (Å²) >= 11 is 1.41. The Balaban J connectivity index is 1.71. The van der Waals surface area contributed by atoms with Crippen molar-refractivity contribution in [2.45, 2.75) is 47.5 Å². The lowest BCUT2D eigenvalue weighted by Gasteiger charge is -2.20. The van der Waals surface area contributed by atoms with Crippen LogP contribution in [-0.4, -0.2) is 31.5 Å². The SMILES string of the molecule is CCC(CC)C1=NN2C(=N)/C(=C/c3cc(C)n(-c4cccc(C)c4)c3C)C(=O)N=C2S1. The van der Waals surface area contributed by atoms with Crippen molar-refractivity contribution in [1.29, 1.82) is 5.41 Å². The van der Waals surface area contributed by atoms with Gasteiger partial charge in [0, 0.05) is 23.0 Å². The lowest BCUT2D eigenvalue weighted by Crippen LogP contribution is -2.35. The fraction of sp³-hybridized carbons (Fsp3) is 0.333. The fourth-order valence-electron chi connectivity index (χ4n) is 4.06. The van der Waals surface area contributed by atoms with Crippen LogP contribution in [0.25, 0.3) is 11.8 Å². The maximum atomic E-state index is 12.8. The molecule has 6 nitrogen and oxygen atoms in total. The predicted octanol–water partition coefficient (Wildman–Crippen LogP) is 5.46. The number of nitrogens with zero attached hydrogens (tertiary/aromatic N) is 4. The van der Waals surface area contributed by atoms with E-state index in [0.29, 0.717) is 11.1 Å². The van der Waals surface area contributed by atoms with Crippen LogP contribution in [0, 0.1) is 32.1 Å². The molecule has 0 saturated carbocycles. The molecule has 0 unspecified atom stereocenters. The van der Waals surface area contributed by atoms with E-state index in [-0.39, 0.29) is 17.3 Å². The first-order valence-corrected chi connectivity index (χ1v) is 11.4. The number of thioether (sulfide) groups is 1. The Morgan fingerprint density at radius 2 is 1.90 bits per heavy atom. The topological polar surface area (TPSA) is 73.8 Å². The highest BCUT2D eigenvalue weighted by Crippen LogP contribution is 2.33. The van der Waals surface area contributed by atoms with Gasteiger partial charge >= 0.3 is 0 Å². The van der Waals surface area contributed by atoms with Gasteiger partial charge in [0.15, 0.2) is 5.84 Å². The lowest BCUT2D eigenvalue weighted by molar-refractivity contribution is -0.114. The van der Waals surface area contributed by atoms with Gasteiger partial charge in [0.2, 0.25) is 5.17 Å². The molecule has 0 spiro atoms. The predicted molar refractivity (Wildman–Crippen MR) is 129 cm³/mol. The zero-order valence-electron chi connectivity index (χ0n) is 18.6. The third-order valence-corrected chi connectivity index (χ3v) is 6.91. The van der Waals surface area contributed by atoms with Crippen LogP contribution in [0.15, 0.2) is 46.0 Å². The van der Waals surface area contributed by atoms with Crippen LogP contribution in [0.3, 0.4) is 0 Å². The van der Waals surface area contributed by atoms with Gasteiger partial charge in [-0.3, -0.25) is 10.2 Å². The number of hydrogen-bond acceptors (Lipinski definition) is 4. The summed E-state index contributed by atoms with van der Waals surface area (Å²) in [5, 5.41) is 16.2. The fourth-order valence-corrected chi connectivity index (χ4v) is 5.22. The Bertz CT molecular complexity index is 1170. The normalized spacial score (nSPS) is 17.5. The van der Waals surface area contributed by atoms with Crippen molar-refractivity contribution in [2.75, 3.05) is 0 Å². The summed E-state index contributed by atoms with van der Waals surface area (Å²) in [4.78, 5) is 17.0. The quantitative estimate of drug-likeness (QED) is 0.637. The van der Waals surface area contributed by atoms with Crippen LogP contribution < -0.4 is 0 Å². The minimum atomic E-state index is -0.384. The van der Waals surface area contributed by atoms with E-state index in [4.69, 9.17) is 5.41 Å². The summed E-state index contributed by atoms with van der Waals surface area (Å²) in [7, 11) is 0. The second-order valence-electron chi connectivity index (χ2n) is 7.97. The first-order chi connectivity index (χ1) is 14.8. The number of fused-ring (bicyclic) bond motifs is 1. The van der Waals surface area contributed by atoms with Crippen LogP contribution >= 0.6 is 11.8 Å². The standard InChI is InChI=1S/C24H27N5OS/c1-6-17(7-2)23-27-29-21(25)20(22(30)26-24(29)31-23)13-18-12-15(4)28(16(18)5)19-10-8-9-14(3)11-19/h8-13,17,25H,6-7H2,1-5H3/b20-13-,25-21?. The van der Waals surface area contributed by atoms with Crippen molar-refractivity contribution in [3.05, 3.63) is 58.4 Å². The van der Waals surface area contributed by atoms with Gasteiger partial charge in [-0.1, -0.05) is 26.0 Å². The monoisotopic (exact) mass is 433 g/mol. The van der Waals surface area contributed by atoms with E-state index in [9.17, 15) is 4.79 Å². The third-order valence-electron chi connectivity index (χ3n) is 5.83. The van der Waals surface area contributed by atoms with E-state index >= 15 is 0 Å². The smallest absolute Gasteiger partial charge is 0.283 e.